The Kier molecular flexibility index (Phi) is 16.2. The van der Waals surface area contributed by atoms with Gasteiger partial charge in [-0.05, 0) is 27.2 Å². The fourth-order valence-electron chi connectivity index (χ4n) is 2.13. The van der Waals surface area contributed by atoms with Crippen LogP contribution >= 0.6 is 0 Å². The van der Waals surface area contributed by atoms with Gasteiger partial charge in [0.1, 0.15) is 18.8 Å². The van der Waals surface area contributed by atoms with Gasteiger partial charge in [-0.15, -0.1) is 0 Å². The molecule has 0 heterocycles. The van der Waals surface area contributed by atoms with Gasteiger partial charge < -0.3 is 23.7 Å². The van der Waals surface area contributed by atoms with Crippen molar-refractivity contribution in [2.45, 2.75) is 71.8 Å². The van der Waals surface area contributed by atoms with Crippen molar-refractivity contribution in [2.75, 3.05) is 46.2 Å². The molecule has 0 aromatic rings. The molecule has 0 aromatic carbocycles. The molecule has 0 rings (SSSR count). The molecule has 0 N–H and O–H groups in total. The molecule has 0 bridgehead atoms. The molecule has 0 aromatic heterocycles. The molecule has 0 spiro atoms. The Morgan fingerprint density at radius 3 is 1.85 bits per heavy atom. The highest BCUT2D eigenvalue weighted by Crippen LogP contribution is 2.07. The minimum atomic E-state index is -0.503. The lowest BCUT2D eigenvalue weighted by Crippen LogP contribution is -2.27. The van der Waals surface area contributed by atoms with Gasteiger partial charge in [-0.2, -0.15) is 0 Å². The van der Waals surface area contributed by atoms with Crippen LogP contribution in [0.25, 0.3) is 0 Å². The molecule has 0 aliphatic heterocycles. The van der Waals surface area contributed by atoms with Crippen LogP contribution in [0.1, 0.15) is 66.2 Å². The lowest BCUT2D eigenvalue weighted by Gasteiger charge is -2.19. The molecule has 0 atom stereocenters. The fourth-order valence-corrected chi connectivity index (χ4v) is 2.13. The van der Waals surface area contributed by atoms with Crippen molar-refractivity contribution in [3.63, 3.8) is 0 Å². The van der Waals surface area contributed by atoms with Gasteiger partial charge in [0.2, 0.25) is 0 Å². The highest BCUT2D eigenvalue weighted by molar-refractivity contribution is 5.71. The molecule has 7 nitrogen and oxygen atoms in total. The molecule has 0 fully saturated rings. The van der Waals surface area contributed by atoms with E-state index < -0.39 is 5.60 Å². The van der Waals surface area contributed by atoms with Gasteiger partial charge in [-0.25, -0.2) is 4.79 Å². The molecule has 0 aliphatic carbocycles. The Bertz CT molecular complexity index is 377. The molecule has 7 heteroatoms. The average molecular weight is 391 g/mol. The van der Waals surface area contributed by atoms with Crippen molar-refractivity contribution >= 4 is 11.9 Å². The molecular weight excluding hydrogens is 352 g/mol. The van der Waals surface area contributed by atoms with Crippen LogP contribution in [0, 0.1) is 0 Å². The van der Waals surface area contributed by atoms with E-state index in [1.54, 1.807) is 0 Å². The number of rotatable bonds is 17. The van der Waals surface area contributed by atoms with Gasteiger partial charge in [0.15, 0.2) is 0 Å². The SMILES string of the molecule is CCCCCCCC(=O)OCCOCCOCCOCC(=O)OC(C)(C)C. The van der Waals surface area contributed by atoms with E-state index in [0.29, 0.717) is 39.5 Å². The van der Waals surface area contributed by atoms with E-state index in [1.807, 2.05) is 20.8 Å². The van der Waals surface area contributed by atoms with Crippen LogP contribution in [0.15, 0.2) is 0 Å². The zero-order chi connectivity index (χ0) is 20.4. The van der Waals surface area contributed by atoms with Crippen LogP contribution in [0.2, 0.25) is 0 Å². The summed E-state index contributed by atoms with van der Waals surface area (Å²) < 4.78 is 26.0. The summed E-state index contributed by atoms with van der Waals surface area (Å²) in [6.07, 6.45) is 6.06. The van der Waals surface area contributed by atoms with E-state index in [9.17, 15) is 9.59 Å². The summed E-state index contributed by atoms with van der Waals surface area (Å²) >= 11 is 0. The first-order valence-electron chi connectivity index (χ1n) is 9.96. The molecule has 0 amide bonds. The Morgan fingerprint density at radius 2 is 1.26 bits per heavy atom. The first-order valence-corrected chi connectivity index (χ1v) is 9.96. The lowest BCUT2D eigenvalue weighted by atomic mass is 10.1. The van der Waals surface area contributed by atoms with Crippen molar-refractivity contribution in [1.29, 1.82) is 0 Å². The van der Waals surface area contributed by atoms with Crippen molar-refractivity contribution in [2.24, 2.45) is 0 Å². The number of unbranched alkanes of at least 4 members (excludes halogenated alkanes) is 4. The van der Waals surface area contributed by atoms with Crippen LogP contribution in [-0.4, -0.2) is 63.8 Å². The van der Waals surface area contributed by atoms with E-state index in [4.69, 9.17) is 23.7 Å². The summed E-state index contributed by atoms with van der Waals surface area (Å²) in [5.41, 5.74) is -0.503. The van der Waals surface area contributed by atoms with Gasteiger partial charge >= 0.3 is 11.9 Å². The standard InChI is InChI=1S/C20H38O7/c1-5-6-7-8-9-10-18(21)26-16-15-24-12-11-23-13-14-25-17-19(22)27-20(2,3)4/h5-17H2,1-4H3. The maximum Gasteiger partial charge on any atom is 0.332 e. The first kappa shape index (κ1) is 25.8. The van der Waals surface area contributed by atoms with Gasteiger partial charge in [-0.1, -0.05) is 32.6 Å². The molecule has 27 heavy (non-hydrogen) atoms. The quantitative estimate of drug-likeness (QED) is 0.278. The number of ether oxygens (including phenoxy) is 5. The van der Waals surface area contributed by atoms with E-state index in [1.165, 1.54) is 19.3 Å². The smallest absolute Gasteiger partial charge is 0.332 e. The predicted octanol–water partition coefficient (Wildman–Crippen LogP) is 3.28. The molecule has 0 aliphatic rings. The van der Waals surface area contributed by atoms with Crippen LogP contribution in [0.5, 0.6) is 0 Å². The molecule has 160 valence electrons. The lowest BCUT2D eigenvalue weighted by molar-refractivity contribution is -0.160. The van der Waals surface area contributed by atoms with Gasteiger partial charge in [0.25, 0.3) is 0 Å². The summed E-state index contributed by atoms with van der Waals surface area (Å²) in [4.78, 5) is 22.9. The van der Waals surface area contributed by atoms with Gasteiger partial charge in [-0.3, -0.25) is 4.79 Å². The molecule has 0 saturated heterocycles. The predicted molar refractivity (Wildman–Crippen MR) is 103 cm³/mol. The van der Waals surface area contributed by atoms with E-state index in [0.717, 1.165) is 12.8 Å². The Hall–Kier alpha value is -1.18. The average Bonchev–Trinajstić information content (AvgIpc) is 2.58. The minimum Gasteiger partial charge on any atom is -0.463 e. The minimum absolute atomic E-state index is 0.0822. The van der Waals surface area contributed by atoms with Gasteiger partial charge in [0, 0.05) is 6.42 Å². The third kappa shape index (κ3) is 21.0. The largest absolute Gasteiger partial charge is 0.463 e. The van der Waals surface area contributed by atoms with Crippen molar-refractivity contribution in [1.82, 2.24) is 0 Å². The second-order valence-electron chi connectivity index (χ2n) is 7.25. The second-order valence-corrected chi connectivity index (χ2v) is 7.25. The number of carbonyl (C=O) groups is 2. The molecular formula is C20H38O7. The first-order chi connectivity index (χ1) is 12.8. The highest BCUT2D eigenvalue weighted by Gasteiger charge is 2.15. The summed E-state index contributed by atoms with van der Waals surface area (Å²) in [6.45, 7) is 9.67. The van der Waals surface area contributed by atoms with Crippen LogP contribution < -0.4 is 0 Å². The Balaban J connectivity index is 3.27. The van der Waals surface area contributed by atoms with Crippen LogP contribution in [0.3, 0.4) is 0 Å². The summed E-state index contributed by atoms with van der Waals surface area (Å²) in [5, 5.41) is 0. The van der Waals surface area contributed by atoms with E-state index in [2.05, 4.69) is 6.92 Å². The number of hydrogen-bond acceptors (Lipinski definition) is 7. The normalized spacial score (nSPS) is 11.4. The fraction of sp³-hybridized carbons (Fsp3) is 0.900. The summed E-state index contributed by atoms with van der Waals surface area (Å²) in [7, 11) is 0. The zero-order valence-corrected chi connectivity index (χ0v) is 17.6. The van der Waals surface area contributed by atoms with Crippen molar-refractivity contribution in [3.05, 3.63) is 0 Å². The maximum atomic E-state index is 11.5. The van der Waals surface area contributed by atoms with Crippen LogP contribution in [0.4, 0.5) is 0 Å². The maximum absolute atomic E-state index is 11.5. The Morgan fingerprint density at radius 1 is 0.704 bits per heavy atom. The summed E-state index contributed by atoms with van der Waals surface area (Å²) in [5.74, 6) is -0.546. The van der Waals surface area contributed by atoms with E-state index >= 15 is 0 Å². The third-order valence-electron chi connectivity index (χ3n) is 3.36. The molecule has 0 unspecified atom stereocenters. The van der Waals surface area contributed by atoms with Crippen molar-refractivity contribution < 1.29 is 33.3 Å². The second kappa shape index (κ2) is 17.0. The van der Waals surface area contributed by atoms with Gasteiger partial charge in [0.05, 0.1) is 33.0 Å². The third-order valence-corrected chi connectivity index (χ3v) is 3.36. The Labute approximate surface area is 164 Å². The number of carbonyl (C=O) groups excluding carboxylic acids is 2. The van der Waals surface area contributed by atoms with Crippen molar-refractivity contribution in [3.8, 4) is 0 Å². The number of hydrogen-bond donors (Lipinski definition) is 0. The molecule has 0 saturated carbocycles. The van der Waals surface area contributed by atoms with Crippen LogP contribution in [-0.2, 0) is 33.3 Å². The topological polar surface area (TPSA) is 80.3 Å². The highest BCUT2D eigenvalue weighted by atomic mass is 16.6. The number of esters is 2. The monoisotopic (exact) mass is 390 g/mol. The zero-order valence-electron chi connectivity index (χ0n) is 17.6. The summed E-state index contributed by atoms with van der Waals surface area (Å²) in [6, 6.07) is 0. The van der Waals surface area contributed by atoms with E-state index in [-0.39, 0.29) is 25.2 Å². The molecule has 0 radical (unpaired) electrons.